The molecule has 1 aliphatic carbocycles. The number of amidine groups is 1. The van der Waals surface area contributed by atoms with E-state index in [-0.39, 0.29) is 35.2 Å². The van der Waals surface area contributed by atoms with Gasteiger partial charge < -0.3 is 32.4 Å². The molecule has 1 fully saturated rings. The molecule has 3 rings (SSSR count). The molecule has 9 heteroatoms. The Bertz CT molecular complexity index is 1090. The molecule has 0 radical (unpaired) electrons. The van der Waals surface area contributed by atoms with Crippen molar-refractivity contribution in [1.82, 2.24) is 5.32 Å². The van der Waals surface area contributed by atoms with E-state index in [1.165, 1.54) is 7.11 Å². The first kappa shape index (κ1) is 24.8. The number of aliphatic hydroxyl groups is 1. The number of carbonyl (C=O) groups excluding carboxylic acids is 2. The highest BCUT2D eigenvalue weighted by Crippen LogP contribution is 2.22. The zero-order valence-electron chi connectivity index (χ0n) is 19.2. The standard InChI is InChI=1S/C25H31N5O4/c1-34-20-5-3-2-4-19(20)25(33)29-14-15-6-8-16(9-7-15)22(26)21(24(28)32)23(27)30-17-10-12-18(31)13-11-17/h2-9,17-18,31H,10-14,26H2,1H3,(H2,27,30)(H2,28,32)(H,29,33). The van der Waals surface area contributed by atoms with E-state index in [9.17, 15) is 14.7 Å². The number of nitrogens with zero attached hydrogens (tertiary/aromatic N) is 1. The molecular weight excluding hydrogens is 434 g/mol. The van der Waals surface area contributed by atoms with Gasteiger partial charge in [-0.1, -0.05) is 36.4 Å². The minimum Gasteiger partial charge on any atom is -0.496 e. The van der Waals surface area contributed by atoms with Crippen LogP contribution in [0, 0.1) is 0 Å². The minimum atomic E-state index is -0.761. The molecule has 2 aromatic rings. The Morgan fingerprint density at radius 3 is 2.29 bits per heavy atom. The molecular formula is C25H31N5O4. The zero-order chi connectivity index (χ0) is 24.7. The van der Waals surface area contributed by atoms with Crippen LogP contribution in [0.4, 0.5) is 0 Å². The van der Waals surface area contributed by atoms with Gasteiger partial charge in [-0.15, -0.1) is 0 Å². The second-order valence-electron chi connectivity index (χ2n) is 8.21. The molecule has 0 saturated heterocycles. The fourth-order valence-corrected chi connectivity index (χ4v) is 3.90. The summed E-state index contributed by atoms with van der Waals surface area (Å²) in [7, 11) is 1.51. The Kier molecular flexibility index (Phi) is 8.26. The maximum Gasteiger partial charge on any atom is 0.255 e. The van der Waals surface area contributed by atoms with Crippen LogP contribution in [0.1, 0.15) is 47.2 Å². The molecule has 180 valence electrons. The third-order valence-corrected chi connectivity index (χ3v) is 5.83. The number of para-hydroxylation sites is 1. The van der Waals surface area contributed by atoms with E-state index in [1.54, 1.807) is 48.5 Å². The molecule has 0 aromatic heterocycles. The van der Waals surface area contributed by atoms with E-state index in [4.69, 9.17) is 21.9 Å². The van der Waals surface area contributed by atoms with Crippen LogP contribution in [0.2, 0.25) is 0 Å². The lowest BCUT2D eigenvalue weighted by atomic mass is 9.93. The summed E-state index contributed by atoms with van der Waals surface area (Å²) < 4.78 is 5.23. The molecule has 1 aliphatic rings. The van der Waals surface area contributed by atoms with E-state index in [1.807, 2.05) is 0 Å². The number of hydrogen-bond donors (Lipinski definition) is 5. The molecule has 0 spiro atoms. The lowest BCUT2D eigenvalue weighted by Gasteiger charge is -2.23. The van der Waals surface area contributed by atoms with Gasteiger partial charge in [0.1, 0.15) is 17.2 Å². The van der Waals surface area contributed by atoms with Crippen LogP contribution in [-0.2, 0) is 11.3 Å². The maximum absolute atomic E-state index is 12.5. The van der Waals surface area contributed by atoms with Gasteiger partial charge in [0.05, 0.1) is 30.5 Å². The van der Waals surface area contributed by atoms with E-state index < -0.39 is 5.91 Å². The Balaban J connectivity index is 1.72. The van der Waals surface area contributed by atoms with Gasteiger partial charge in [0, 0.05) is 6.54 Å². The maximum atomic E-state index is 12.5. The van der Waals surface area contributed by atoms with Crippen LogP contribution < -0.4 is 27.3 Å². The molecule has 34 heavy (non-hydrogen) atoms. The van der Waals surface area contributed by atoms with Crippen LogP contribution in [0.25, 0.3) is 5.70 Å². The number of benzene rings is 2. The fraction of sp³-hybridized carbons (Fsp3) is 0.320. The fourth-order valence-electron chi connectivity index (χ4n) is 3.90. The number of nitrogens with two attached hydrogens (primary N) is 3. The largest absolute Gasteiger partial charge is 0.496 e. The first-order valence-corrected chi connectivity index (χ1v) is 11.1. The quantitative estimate of drug-likeness (QED) is 0.225. The molecule has 2 amide bonds. The van der Waals surface area contributed by atoms with E-state index in [0.717, 1.165) is 5.56 Å². The van der Waals surface area contributed by atoms with Crippen molar-refractivity contribution in [3.63, 3.8) is 0 Å². The van der Waals surface area contributed by atoms with Crippen molar-refractivity contribution in [2.75, 3.05) is 7.11 Å². The van der Waals surface area contributed by atoms with Crippen molar-refractivity contribution in [1.29, 1.82) is 0 Å². The highest BCUT2D eigenvalue weighted by molar-refractivity contribution is 6.24. The molecule has 0 heterocycles. The molecule has 1 saturated carbocycles. The summed E-state index contributed by atoms with van der Waals surface area (Å²) in [5, 5.41) is 12.5. The topological polar surface area (TPSA) is 166 Å². The van der Waals surface area contributed by atoms with Gasteiger partial charge in [-0.3, -0.25) is 14.6 Å². The number of aliphatic imine (C=N–C) groups is 1. The van der Waals surface area contributed by atoms with Crippen LogP contribution >= 0.6 is 0 Å². The first-order chi connectivity index (χ1) is 16.3. The predicted octanol–water partition coefficient (Wildman–Crippen LogP) is 1.44. The predicted molar refractivity (Wildman–Crippen MR) is 131 cm³/mol. The number of aliphatic hydroxyl groups excluding tert-OH is 1. The number of rotatable bonds is 8. The number of amides is 2. The highest BCUT2D eigenvalue weighted by atomic mass is 16.5. The summed E-state index contributed by atoms with van der Waals surface area (Å²) in [5.74, 6) is -0.519. The SMILES string of the molecule is COc1ccccc1C(=O)NCc1ccc(C(N)=C(C(N)=O)C(N)=NC2CCC(O)CC2)cc1. The monoisotopic (exact) mass is 465 g/mol. The number of primary amides is 1. The second-order valence-corrected chi connectivity index (χ2v) is 8.21. The first-order valence-electron chi connectivity index (χ1n) is 11.1. The van der Waals surface area contributed by atoms with Gasteiger partial charge in [-0.25, -0.2) is 0 Å². The van der Waals surface area contributed by atoms with Crippen molar-refractivity contribution < 1.29 is 19.4 Å². The average Bonchev–Trinajstić information content (AvgIpc) is 2.84. The third-order valence-electron chi connectivity index (χ3n) is 5.83. The molecule has 0 atom stereocenters. The number of methoxy groups -OCH3 is 1. The number of nitrogens with one attached hydrogen (secondary N) is 1. The van der Waals surface area contributed by atoms with Gasteiger partial charge in [-0.2, -0.15) is 0 Å². The van der Waals surface area contributed by atoms with Gasteiger partial charge in [0.2, 0.25) is 0 Å². The lowest BCUT2D eigenvalue weighted by molar-refractivity contribution is -0.114. The van der Waals surface area contributed by atoms with Crippen molar-refractivity contribution >= 4 is 23.3 Å². The molecule has 8 N–H and O–H groups in total. The van der Waals surface area contributed by atoms with Crippen LogP contribution in [-0.4, -0.2) is 42.0 Å². The summed E-state index contributed by atoms with van der Waals surface area (Å²) in [6, 6.07) is 13.9. The van der Waals surface area contributed by atoms with Crippen LogP contribution in [0.3, 0.4) is 0 Å². The molecule has 0 aliphatic heterocycles. The molecule has 0 unspecified atom stereocenters. The van der Waals surface area contributed by atoms with Gasteiger partial charge in [0.25, 0.3) is 11.8 Å². The Morgan fingerprint density at radius 2 is 1.68 bits per heavy atom. The van der Waals surface area contributed by atoms with Crippen molar-refractivity contribution in [2.24, 2.45) is 22.2 Å². The van der Waals surface area contributed by atoms with Crippen LogP contribution in [0.15, 0.2) is 59.1 Å². The minimum absolute atomic E-state index is 0.000428. The van der Waals surface area contributed by atoms with Crippen molar-refractivity contribution in [2.45, 2.75) is 44.4 Å². The summed E-state index contributed by atoms with van der Waals surface area (Å²) in [6.45, 7) is 0.292. The van der Waals surface area contributed by atoms with Gasteiger partial charge >= 0.3 is 0 Å². The summed E-state index contributed by atoms with van der Waals surface area (Å²) >= 11 is 0. The highest BCUT2D eigenvalue weighted by Gasteiger charge is 2.22. The summed E-state index contributed by atoms with van der Waals surface area (Å²) in [4.78, 5) is 29.0. The molecule has 0 bridgehead atoms. The third kappa shape index (κ3) is 6.14. The average molecular weight is 466 g/mol. The normalized spacial score (nSPS) is 19.2. The number of carbonyl (C=O) groups is 2. The van der Waals surface area contributed by atoms with Gasteiger partial charge in [0.15, 0.2) is 0 Å². The smallest absolute Gasteiger partial charge is 0.255 e. The van der Waals surface area contributed by atoms with Crippen molar-refractivity contribution in [3.05, 3.63) is 70.8 Å². The Morgan fingerprint density at radius 1 is 1.03 bits per heavy atom. The molecule has 9 nitrogen and oxygen atoms in total. The zero-order valence-corrected chi connectivity index (χ0v) is 19.2. The summed E-state index contributed by atoms with van der Waals surface area (Å²) in [6.07, 6.45) is 2.33. The molecule has 2 aromatic carbocycles. The Hall–Kier alpha value is -3.85. The lowest BCUT2D eigenvalue weighted by Crippen LogP contribution is -2.31. The Labute approximate surface area is 198 Å². The van der Waals surface area contributed by atoms with Crippen LogP contribution in [0.5, 0.6) is 5.75 Å². The number of hydrogen-bond acceptors (Lipinski definition) is 6. The van der Waals surface area contributed by atoms with Crippen molar-refractivity contribution in [3.8, 4) is 5.75 Å². The van der Waals surface area contributed by atoms with Gasteiger partial charge in [-0.05, 0) is 48.9 Å². The van der Waals surface area contributed by atoms with E-state index >= 15 is 0 Å². The van der Waals surface area contributed by atoms with E-state index in [2.05, 4.69) is 10.3 Å². The second kappa shape index (κ2) is 11.3. The van der Waals surface area contributed by atoms with E-state index in [0.29, 0.717) is 49.1 Å². The number of ether oxygens (including phenoxy) is 1. The summed E-state index contributed by atoms with van der Waals surface area (Å²) in [5.41, 5.74) is 19.9.